The molecule has 0 aliphatic rings. The molecule has 0 spiro atoms. The number of aryl methyl sites for hydroxylation is 1. The van der Waals surface area contributed by atoms with Crippen LogP contribution >= 0.6 is 11.6 Å². The predicted octanol–water partition coefficient (Wildman–Crippen LogP) is 5.48. The average Bonchev–Trinajstić information content (AvgIpc) is 3.17. The van der Waals surface area contributed by atoms with Gasteiger partial charge in [-0.05, 0) is 47.9 Å². The van der Waals surface area contributed by atoms with E-state index < -0.39 is 0 Å². The third kappa shape index (κ3) is 4.45. The van der Waals surface area contributed by atoms with Crippen molar-refractivity contribution in [1.29, 1.82) is 0 Å². The minimum absolute atomic E-state index is 0.247. The van der Waals surface area contributed by atoms with E-state index in [1.807, 2.05) is 67.6 Å². The van der Waals surface area contributed by atoms with Crippen molar-refractivity contribution in [3.63, 3.8) is 0 Å². The van der Waals surface area contributed by atoms with Gasteiger partial charge in [-0.2, -0.15) is 0 Å². The van der Waals surface area contributed by atoms with E-state index in [4.69, 9.17) is 11.6 Å². The van der Waals surface area contributed by atoms with E-state index in [9.17, 15) is 9.59 Å². The number of rotatable bonds is 5. The molecule has 0 saturated carbocycles. The first-order valence-electron chi connectivity index (χ1n) is 10.2. The first kappa shape index (κ1) is 21.5. The Morgan fingerprint density at radius 1 is 1.00 bits per heavy atom. The Bertz CT molecular complexity index is 1300. The van der Waals surface area contributed by atoms with Crippen molar-refractivity contribution in [3.05, 3.63) is 88.6 Å². The summed E-state index contributed by atoms with van der Waals surface area (Å²) in [5.74, 6) is -0.247. The number of aromatic amines is 1. The van der Waals surface area contributed by atoms with Crippen molar-refractivity contribution >= 4 is 40.1 Å². The number of anilines is 1. The molecule has 0 aliphatic carbocycles. The van der Waals surface area contributed by atoms with Gasteiger partial charge in [-0.3, -0.25) is 4.79 Å². The number of hydrogen-bond acceptors (Lipinski definition) is 2. The van der Waals surface area contributed by atoms with Gasteiger partial charge in [0.15, 0.2) is 0 Å². The minimum atomic E-state index is -0.334. The number of amides is 3. The molecule has 0 bridgehead atoms. The lowest BCUT2D eigenvalue weighted by molar-refractivity contribution is 0.0947. The van der Waals surface area contributed by atoms with Gasteiger partial charge in [-0.1, -0.05) is 54.1 Å². The fraction of sp³-hybridized carbons (Fsp3) is 0.120. The van der Waals surface area contributed by atoms with Crippen LogP contribution in [0.25, 0.3) is 22.0 Å². The van der Waals surface area contributed by atoms with Crippen LogP contribution in [0.2, 0.25) is 5.02 Å². The zero-order chi connectivity index (χ0) is 22.7. The smallest absolute Gasteiger partial charge is 0.319 e. The van der Waals surface area contributed by atoms with Crippen LogP contribution in [0, 0.1) is 6.92 Å². The summed E-state index contributed by atoms with van der Waals surface area (Å²) in [7, 11) is 1.56. The Morgan fingerprint density at radius 2 is 1.78 bits per heavy atom. The van der Waals surface area contributed by atoms with Crippen LogP contribution in [-0.4, -0.2) is 24.0 Å². The van der Waals surface area contributed by atoms with Gasteiger partial charge >= 0.3 is 6.03 Å². The van der Waals surface area contributed by atoms with Gasteiger partial charge in [0.25, 0.3) is 5.91 Å². The fourth-order valence-electron chi connectivity index (χ4n) is 3.72. The molecule has 7 heteroatoms. The standard InChI is InChI=1S/C25H23ClN4O2/c1-15-11-19-21(17-8-4-3-5-9-17)23(30-22(19)20(12-15)29-25(32)27-2)24(31)28-14-16-7-6-10-18(26)13-16/h3-13,30H,14H2,1-2H3,(H,28,31)(H2,27,29,32). The molecule has 0 fully saturated rings. The second kappa shape index (κ2) is 9.16. The summed E-state index contributed by atoms with van der Waals surface area (Å²) >= 11 is 6.06. The van der Waals surface area contributed by atoms with Gasteiger partial charge < -0.3 is 20.9 Å². The molecule has 162 valence electrons. The van der Waals surface area contributed by atoms with E-state index in [1.165, 1.54) is 0 Å². The number of halogens is 1. The fourth-order valence-corrected chi connectivity index (χ4v) is 3.93. The van der Waals surface area contributed by atoms with E-state index in [2.05, 4.69) is 20.9 Å². The Labute approximate surface area is 191 Å². The predicted molar refractivity (Wildman–Crippen MR) is 129 cm³/mol. The molecule has 1 aromatic heterocycles. The van der Waals surface area contributed by atoms with Crippen LogP contribution in [-0.2, 0) is 6.54 Å². The summed E-state index contributed by atoms with van der Waals surface area (Å²) in [4.78, 5) is 28.5. The Hall–Kier alpha value is -3.77. The maximum absolute atomic E-state index is 13.3. The summed E-state index contributed by atoms with van der Waals surface area (Å²) < 4.78 is 0. The normalized spacial score (nSPS) is 10.7. The van der Waals surface area contributed by atoms with Crippen molar-refractivity contribution in [1.82, 2.24) is 15.6 Å². The van der Waals surface area contributed by atoms with Crippen molar-refractivity contribution in [2.24, 2.45) is 0 Å². The van der Waals surface area contributed by atoms with Crippen molar-refractivity contribution in [3.8, 4) is 11.1 Å². The van der Waals surface area contributed by atoms with Crippen molar-refractivity contribution in [2.45, 2.75) is 13.5 Å². The van der Waals surface area contributed by atoms with Crippen LogP contribution in [0.15, 0.2) is 66.7 Å². The zero-order valence-electron chi connectivity index (χ0n) is 17.8. The summed E-state index contributed by atoms with van der Waals surface area (Å²) in [6, 6.07) is 20.6. The number of carbonyl (C=O) groups excluding carboxylic acids is 2. The third-order valence-electron chi connectivity index (χ3n) is 5.16. The van der Waals surface area contributed by atoms with Crippen molar-refractivity contribution < 1.29 is 9.59 Å². The molecule has 0 atom stereocenters. The van der Waals surface area contributed by atoms with Crippen LogP contribution in [0.4, 0.5) is 10.5 Å². The van der Waals surface area contributed by atoms with Crippen LogP contribution < -0.4 is 16.0 Å². The van der Waals surface area contributed by atoms with E-state index in [-0.39, 0.29) is 11.9 Å². The Morgan fingerprint density at radius 3 is 2.50 bits per heavy atom. The highest BCUT2D eigenvalue weighted by molar-refractivity contribution is 6.30. The van der Waals surface area contributed by atoms with Gasteiger partial charge in [-0.15, -0.1) is 0 Å². The van der Waals surface area contributed by atoms with Gasteiger partial charge in [0, 0.05) is 29.6 Å². The lowest BCUT2D eigenvalue weighted by Gasteiger charge is -2.08. The molecule has 1 heterocycles. The maximum atomic E-state index is 13.3. The molecule has 3 amide bonds. The molecule has 3 aromatic carbocycles. The van der Waals surface area contributed by atoms with Crippen LogP contribution in [0.1, 0.15) is 21.6 Å². The maximum Gasteiger partial charge on any atom is 0.319 e. The molecule has 32 heavy (non-hydrogen) atoms. The zero-order valence-corrected chi connectivity index (χ0v) is 18.5. The number of urea groups is 1. The minimum Gasteiger partial charge on any atom is -0.348 e. The molecule has 4 rings (SSSR count). The van der Waals surface area contributed by atoms with Crippen LogP contribution in [0.5, 0.6) is 0 Å². The number of fused-ring (bicyclic) bond motifs is 1. The lowest BCUT2D eigenvalue weighted by Crippen LogP contribution is -2.24. The van der Waals surface area contributed by atoms with Gasteiger partial charge in [-0.25, -0.2) is 4.79 Å². The molecule has 6 nitrogen and oxygen atoms in total. The number of aromatic nitrogens is 1. The van der Waals surface area contributed by atoms with Crippen LogP contribution in [0.3, 0.4) is 0 Å². The summed E-state index contributed by atoms with van der Waals surface area (Å²) in [5.41, 5.74) is 5.28. The molecule has 0 saturated heterocycles. The molecule has 0 unspecified atom stereocenters. The monoisotopic (exact) mass is 446 g/mol. The highest BCUT2D eigenvalue weighted by Gasteiger charge is 2.21. The topological polar surface area (TPSA) is 86.0 Å². The first-order valence-corrected chi connectivity index (χ1v) is 10.6. The lowest BCUT2D eigenvalue weighted by atomic mass is 10.00. The highest BCUT2D eigenvalue weighted by atomic mass is 35.5. The average molecular weight is 447 g/mol. The highest BCUT2D eigenvalue weighted by Crippen LogP contribution is 2.36. The number of nitrogens with one attached hydrogen (secondary N) is 4. The van der Waals surface area contributed by atoms with E-state index in [0.717, 1.165) is 27.6 Å². The first-order chi connectivity index (χ1) is 15.5. The summed E-state index contributed by atoms with van der Waals surface area (Å²) in [5, 5.41) is 9.85. The molecular formula is C25H23ClN4O2. The van der Waals surface area contributed by atoms with E-state index >= 15 is 0 Å². The number of H-pyrrole nitrogens is 1. The third-order valence-corrected chi connectivity index (χ3v) is 5.39. The molecular weight excluding hydrogens is 424 g/mol. The Balaban J connectivity index is 1.80. The summed E-state index contributed by atoms with van der Waals surface area (Å²) in [6.45, 7) is 2.29. The van der Waals surface area contributed by atoms with Gasteiger partial charge in [0.05, 0.1) is 11.2 Å². The molecule has 4 N–H and O–H groups in total. The van der Waals surface area contributed by atoms with Crippen molar-refractivity contribution in [2.75, 3.05) is 12.4 Å². The van der Waals surface area contributed by atoms with Gasteiger partial charge in [0.2, 0.25) is 0 Å². The number of carbonyl (C=O) groups is 2. The van der Waals surface area contributed by atoms with Gasteiger partial charge in [0.1, 0.15) is 5.69 Å². The second-order valence-corrected chi connectivity index (χ2v) is 7.93. The largest absolute Gasteiger partial charge is 0.348 e. The molecule has 4 aromatic rings. The number of benzene rings is 3. The molecule has 0 radical (unpaired) electrons. The quantitative estimate of drug-likeness (QED) is 0.327. The second-order valence-electron chi connectivity index (χ2n) is 7.49. The SMILES string of the molecule is CNC(=O)Nc1cc(C)cc2c(-c3ccccc3)c(C(=O)NCc3cccc(Cl)c3)[nH]c12. The van der Waals surface area contributed by atoms with E-state index in [1.54, 1.807) is 13.1 Å². The number of hydrogen-bond donors (Lipinski definition) is 4. The molecule has 0 aliphatic heterocycles. The van der Waals surface area contributed by atoms with E-state index in [0.29, 0.717) is 28.5 Å². The summed E-state index contributed by atoms with van der Waals surface area (Å²) in [6.07, 6.45) is 0. The Kier molecular flexibility index (Phi) is 6.14.